The van der Waals surface area contributed by atoms with Crippen LogP contribution in [0.2, 0.25) is 5.02 Å². The van der Waals surface area contributed by atoms with E-state index in [0.29, 0.717) is 18.0 Å². The second kappa shape index (κ2) is 4.37. The largest absolute Gasteiger partial charge is 0.480 e. The SMILES string of the molecule is CC(=O)N1Cc2cc(Cl)ccc2C[C@@H]1C(=O)O. The van der Waals surface area contributed by atoms with E-state index in [0.717, 1.165) is 11.1 Å². The highest BCUT2D eigenvalue weighted by Gasteiger charge is 2.32. The molecule has 90 valence electrons. The third-order valence-electron chi connectivity index (χ3n) is 2.99. The van der Waals surface area contributed by atoms with Crippen LogP contribution in [0.4, 0.5) is 0 Å². The predicted octanol–water partition coefficient (Wildman–Crippen LogP) is 1.70. The van der Waals surface area contributed by atoms with Crippen molar-refractivity contribution in [3.05, 3.63) is 34.3 Å². The van der Waals surface area contributed by atoms with E-state index in [9.17, 15) is 9.59 Å². The lowest BCUT2D eigenvalue weighted by molar-refractivity contribution is -0.150. The molecule has 0 saturated heterocycles. The van der Waals surface area contributed by atoms with Crippen LogP contribution in [0, 0.1) is 0 Å². The van der Waals surface area contributed by atoms with Crippen molar-refractivity contribution < 1.29 is 14.7 Å². The zero-order chi connectivity index (χ0) is 12.6. The number of carboxylic acid groups (broad SMARTS) is 1. The number of halogens is 1. The number of hydrogen-bond donors (Lipinski definition) is 1. The van der Waals surface area contributed by atoms with Gasteiger partial charge in [0.1, 0.15) is 6.04 Å². The first-order chi connectivity index (χ1) is 7.99. The summed E-state index contributed by atoms with van der Waals surface area (Å²) in [5, 5.41) is 9.72. The minimum Gasteiger partial charge on any atom is -0.480 e. The summed E-state index contributed by atoms with van der Waals surface area (Å²) >= 11 is 5.88. The Morgan fingerprint density at radius 1 is 1.41 bits per heavy atom. The van der Waals surface area contributed by atoms with Gasteiger partial charge in [0.25, 0.3) is 0 Å². The summed E-state index contributed by atoms with van der Waals surface area (Å²) in [6.45, 7) is 1.69. The van der Waals surface area contributed by atoms with Gasteiger partial charge < -0.3 is 10.0 Å². The smallest absolute Gasteiger partial charge is 0.326 e. The van der Waals surface area contributed by atoms with Crippen LogP contribution < -0.4 is 0 Å². The lowest BCUT2D eigenvalue weighted by atomic mass is 9.94. The number of carboxylic acids is 1. The van der Waals surface area contributed by atoms with Crippen molar-refractivity contribution in [2.45, 2.75) is 25.9 Å². The zero-order valence-corrected chi connectivity index (χ0v) is 10.1. The Morgan fingerprint density at radius 2 is 2.12 bits per heavy atom. The van der Waals surface area contributed by atoms with Gasteiger partial charge >= 0.3 is 5.97 Å². The summed E-state index contributed by atoms with van der Waals surface area (Å²) in [7, 11) is 0. The summed E-state index contributed by atoms with van der Waals surface area (Å²) < 4.78 is 0. The van der Waals surface area contributed by atoms with Crippen molar-refractivity contribution in [3.63, 3.8) is 0 Å². The molecule has 0 radical (unpaired) electrons. The first-order valence-electron chi connectivity index (χ1n) is 5.26. The van der Waals surface area contributed by atoms with Crippen LogP contribution >= 0.6 is 11.6 Å². The van der Waals surface area contributed by atoms with Gasteiger partial charge in [0, 0.05) is 24.9 Å². The van der Waals surface area contributed by atoms with Gasteiger partial charge in [-0.2, -0.15) is 0 Å². The van der Waals surface area contributed by atoms with E-state index in [-0.39, 0.29) is 5.91 Å². The molecule has 0 aliphatic carbocycles. The minimum atomic E-state index is -0.971. The van der Waals surface area contributed by atoms with E-state index in [1.54, 1.807) is 12.1 Å². The number of amides is 1. The number of rotatable bonds is 1. The average Bonchev–Trinajstić information content (AvgIpc) is 2.26. The Morgan fingerprint density at radius 3 is 2.71 bits per heavy atom. The van der Waals surface area contributed by atoms with E-state index >= 15 is 0 Å². The number of aliphatic carboxylic acids is 1. The summed E-state index contributed by atoms with van der Waals surface area (Å²) in [5.74, 6) is -1.20. The third kappa shape index (κ3) is 2.26. The maximum Gasteiger partial charge on any atom is 0.326 e. The second-order valence-corrected chi connectivity index (χ2v) is 4.55. The molecule has 0 fully saturated rings. The molecule has 17 heavy (non-hydrogen) atoms. The standard InChI is InChI=1S/C12H12ClNO3/c1-7(15)14-6-9-4-10(13)3-2-8(9)5-11(14)12(16)17/h2-4,11H,5-6H2,1H3,(H,16,17)/t11-/m1/s1. The van der Waals surface area contributed by atoms with Crippen LogP contribution in [0.1, 0.15) is 18.1 Å². The number of fused-ring (bicyclic) bond motifs is 1. The maximum atomic E-state index is 11.4. The third-order valence-corrected chi connectivity index (χ3v) is 3.22. The van der Waals surface area contributed by atoms with Gasteiger partial charge in [0.2, 0.25) is 5.91 Å². The molecule has 1 aliphatic rings. The number of hydrogen-bond acceptors (Lipinski definition) is 2. The van der Waals surface area contributed by atoms with Crippen molar-refractivity contribution in [3.8, 4) is 0 Å². The summed E-state index contributed by atoms with van der Waals surface area (Å²) in [5.41, 5.74) is 1.87. The average molecular weight is 254 g/mol. The fraction of sp³-hybridized carbons (Fsp3) is 0.333. The van der Waals surface area contributed by atoms with Crippen LogP contribution in [0.25, 0.3) is 0 Å². The normalized spacial score (nSPS) is 18.7. The number of carbonyl (C=O) groups excluding carboxylic acids is 1. The molecule has 1 N–H and O–H groups in total. The molecular weight excluding hydrogens is 242 g/mol. The molecule has 5 heteroatoms. The van der Waals surface area contributed by atoms with Gasteiger partial charge in [-0.1, -0.05) is 17.7 Å². The van der Waals surface area contributed by atoms with Crippen LogP contribution in [0.3, 0.4) is 0 Å². The Balaban J connectivity index is 2.39. The maximum absolute atomic E-state index is 11.4. The quantitative estimate of drug-likeness (QED) is 0.829. The molecule has 1 aromatic carbocycles. The highest BCUT2D eigenvalue weighted by Crippen LogP contribution is 2.26. The highest BCUT2D eigenvalue weighted by atomic mass is 35.5. The molecule has 0 bridgehead atoms. The Hall–Kier alpha value is -1.55. The molecule has 1 aromatic rings. The zero-order valence-electron chi connectivity index (χ0n) is 9.31. The molecular formula is C12H12ClNO3. The molecule has 1 atom stereocenters. The highest BCUT2D eigenvalue weighted by molar-refractivity contribution is 6.30. The fourth-order valence-corrected chi connectivity index (χ4v) is 2.30. The molecule has 2 rings (SSSR count). The van der Waals surface area contributed by atoms with Gasteiger partial charge in [-0.05, 0) is 23.3 Å². The van der Waals surface area contributed by atoms with E-state index in [1.807, 2.05) is 6.07 Å². The molecule has 1 heterocycles. The minimum absolute atomic E-state index is 0.233. The van der Waals surface area contributed by atoms with Crippen LogP contribution in [-0.4, -0.2) is 27.9 Å². The lowest BCUT2D eigenvalue weighted by Crippen LogP contribution is -2.47. The van der Waals surface area contributed by atoms with Crippen molar-refractivity contribution in [2.75, 3.05) is 0 Å². The first-order valence-corrected chi connectivity index (χ1v) is 5.64. The lowest BCUT2D eigenvalue weighted by Gasteiger charge is -2.33. The number of carbonyl (C=O) groups is 2. The molecule has 0 aromatic heterocycles. The van der Waals surface area contributed by atoms with Gasteiger partial charge in [0.15, 0.2) is 0 Å². The summed E-state index contributed by atoms with van der Waals surface area (Å²) in [6.07, 6.45) is 0.335. The molecule has 0 saturated carbocycles. The number of nitrogens with zero attached hydrogens (tertiary/aromatic N) is 1. The summed E-state index contributed by atoms with van der Waals surface area (Å²) in [4.78, 5) is 23.9. The van der Waals surface area contributed by atoms with Crippen molar-refractivity contribution in [1.29, 1.82) is 0 Å². The van der Waals surface area contributed by atoms with Crippen molar-refractivity contribution in [2.24, 2.45) is 0 Å². The molecule has 1 aliphatic heterocycles. The molecule has 1 amide bonds. The van der Waals surface area contributed by atoms with Gasteiger partial charge in [-0.15, -0.1) is 0 Å². The number of benzene rings is 1. The Kier molecular flexibility index (Phi) is 3.07. The monoisotopic (exact) mass is 253 g/mol. The van der Waals surface area contributed by atoms with Gasteiger partial charge in [-0.3, -0.25) is 4.79 Å². The van der Waals surface area contributed by atoms with E-state index in [4.69, 9.17) is 16.7 Å². The Labute approximate surface area is 104 Å². The summed E-state index contributed by atoms with van der Waals surface area (Å²) in [6, 6.07) is 4.57. The van der Waals surface area contributed by atoms with Gasteiger partial charge in [-0.25, -0.2) is 4.79 Å². The Bertz CT molecular complexity index is 487. The van der Waals surface area contributed by atoms with Crippen LogP contribution in [0.5, 0.6) is 0 Å². The van der Waals surface area contributed by atoms with Gasteiger partial charge in [0.05, 0.1) is 0 Å². The van der Waals surface area contributed by atoms with Crippen molar-refractivity contribution in [1.82, 2.24) is 4.90 Å². The topological polar surface area (TPSA) is 57.6 Å². The van der Waals surface area contributed by atoms with Crippen LogP contribution in [0.15, 0.2) is 18.2 Å². The predicted molar refractivity (Wildman–Crippen MR) is 62.8 cm³/mol. The molecule has 4 nitrogen and oxygen atoms in total. The van der Waals surface area contributed by atoms with E-state index < -0.39 is 12.0 Å². The molecule has 0 unspecified atom stereocenters. The van der Waals surface area contributed by atoms with E-state index in [2.05, 4.69) is 0 Å². The van der Waals surface area contributed by atoms with Crippen LogP contribution in [-0.2, 0) is 22.6 Å². The molecule has 0 spiro atoms. The first kappa shape index (κ1) is 11.9. The fourth-order valence-electron chi connectivity index (χ4n) is 2.10. The second-order valence-electron chi connectivity index (χ2n) is 4.12. The van der Waals surface area contributed by atoms with E-state index in [1.165, 1.54) is 11.8 Å². The van der Waals surface area contributed by atoms with Crippen molar-refractivity contribution >= 4 is 23.5 Å².